The zero-order valence-electron chi connectivity index (χ0n) is 15.8. The summed E-state index contributed by atoms with van der Waals surface area (Å²) in [6.07, 6.45) is 2.18. The monoisotopic (exact) mass is 355 g/mol. The topological polar surface area (TPSA) is 12.5 Å². The van der Waals surface area contributed by atoms with Crippen LogP contribution in [0, 0.1) is 0 Å². The minimum atomic E-state index is 0.102. The maximum absolute atomic E-state index is 5.51. The first-order valence-corrected chi connectivity index (χ1v) is 9.80. The van der Waals surface area contributed by atoms with E-state index in [2.05, 4.69) is 77.7 Å². The van der Waals surface area contributed by atoms with E-state index in [9.17, 15) is 0 Å². The van der Waals surface area contributed by atoms with Gasteiger partial charge in [0.15, 0.2) is 0 Å². The Morgan fingerprint density at radius 1 is 0.889 bits per heavy atom. The Kier molecular flexibility index (Phi) is 4.02. The zero-order valence-corrected chi connectivity index (χ0v) is 15.8. The minimum Gasteiger partial charge on any atom is -0.497 e. The lowest BCUT2D eigenvalue weighted by atomic mass is 9.66. The van der Waals surface area contributed by atoms with Gasteiger partial charge >= 0.3 is 0 Å². The molecule has 3 aromatic rings. The SMILES string of the molecule is COc1ccc2c(c1)Cc1ccccc1C21CCN(Cc2ccccc2)C1. The summed E-state index contributed by atoms with van der Waals surface area (Å²) in [5.74, 6) is 0.961. The van der Waals surface area contributed by atoms with Gasteiger partial charge in [-0.15, -0.1) is 0 Å². The molecule has 2 nitrogen and oxygen atoms in total. The van der Waals surface area contributed by atoms with Gasteiger partial charge in [-0.3, -0.25) is 4.90 Å². The predicted octanol–water partition coefficient (Wildman–Crippen LogP) is 4.79. The Hall–Kier alpha value is -2.58. The van der Waals surface area contributed by atoms with Crippen LogP contribution in [0.1, 0.15) is 34.2 Å². The summed E-state index contributed by atoms with van der Waals surface area (Å²) in [6, 6.07) is 26.6. The van der Waals surface area contributed by atoms with Crippen molar-refractivity contribution in [3.63, 3.8) is 0 Å². The summed E-state index contributed by atoms with van der Waals surface area (Å²) in [6.45, 7) is 3.24. The molecule has 136 valence electrons. The van der Waals surface area contributed by atoms with Crippen molar-refractivity contribution < 1.29 is 4.74 Å². The first-order valence-electron chi connectivity index (χ1n) is 9.80. The van der Waals surface area contributed by atoms with E-state index in [-0.39, 0.29) is 5.41 Å². The van der Waals surface area contributed by atoms with Crippen molar-refractivity contribution >= 4 is 0 Å². The van der Waals surface area contributed by atoms with Crippen LogP contribution in [-0.4, -0.2) is 25.1 Å². The third kappa shape index (κ3) is 2.76. The molecule has 0 bridgehead atoms. The molecule has 2 heteroatoms. The summed E-state index contributed by atoms with van der Waals surface area (Å²) in [5, 5.41) is 0. The molecule has 1 fully saturated rings. The highest BCUT2D eigenvalue weighted by atomic mass is 16.5. The Morgan fingerprint density at radius 3 is 2.52 bits per heavy atom. The van der Waals surface area contributed by atoms with E-state index < -0.39 is 0 Å². The fourth-order valence-corrected chi connectivity index (χ4v) is 5.11. The van der Waals surface area contributed by atoms with Crippen LogP contribution in [0.5, 0.6) is 5.75 Å². The lowest BCUT2D eigenvalue weighted by Crippen LogP contribution is -2.36. The Bertz CT molecular complexity index is 965. The fourth-order valence-electron chi connectivity index (χ4n) is 5.11. The molecule has 1 aliphatic heterocycles. The molecule has 1 saturated heterocycles. The predicted molar refractivity (Wildman–Crippen MR) is 109 cm³/mol. The van der Waals surface area contributed by atoms with Gasteiger partial charge in [-0.25, -0.2) is 0 Å². The quantitative estimate of drug-likeness (QED) is 0.670. The van der Waals surface area contributed by atoms with Crippen LogP contribution in [0.25, 0.3) is 0 Å². The smallest absolute Gasteiger partial charge is 0.119 e. The Labute approximate surface area is 161 Å². The van der Waals surface area contributed by atoms with E-state index in [0.717, 1.165) is 31.8 Å². The van der Waals surface area contributed by atoms with Gasteiger partial charge in [0.25, 0.3) is 0 Å². The normalized spacial score (nSPS) is 21.1. The zero-order chi connectivity index (χ0) is 18.3. The fraction of sp³-hybridized carbons (Fsp3) is 0.280. The van der Waals surface area contributed by atoms with Gasteiger partial charge in [-0.1, -0.05) is 60.7 Å². The standard InChI is InChI=1S/C25H25NO/c1-27-22-11-12-24-21(16-22)15-20-9-5-6-10-23(20)25(24)13-14-26(18-25)17-19-7-3-2-4-8-19/h2-12,16H,13-15,17-18H2,1H3. The number of fused-ring (bicyclic) bond motifs is 4. The van der Waals surface area contributed by atoms with Crippen molar-refractivity contribution in [1.29, 1.82) is 0 Å². The number of rotatable bonds is 3. The van der Waals surface area contributed by atoms with Crippen molar-refractivity contribution in [3.8, 4) is 5.75 Å². The van der Waals surface area contributed by atoms with Crippen LogP contribution in [0.15, 0.2) is 72.8 Å². The Morgan fingerprint density at radius 2 is 1.67 bits per heavy atom. The van der Waals surface area contributed by atoms with Crippen molar-refractivity contribution in [2.45, 2.75) is 24.8 Å². The molecule has 1 atom stereocenters. The first-order chi connectivity index (χ1) is 13.3. The van der Waals surface area contributed by atoms with Crippen molar-refractivity contribution in [2.75, 3.05) is 20.2 Å². The highest BCUT2D eigenvalue weighted by Crippen LogP contribution is 2.48. The van der Waals surface area contributed by atoms with Gasteiger partial charge in [0.05, 0.1) is 7.11 Å². The number of methoxy groups -OCH3 is 1. The van der Waals surface area contributed by atoms with Crippen molar-refractivity contribution in [3.05, 3.63) is 101 Å². The van der Waals surface area contributed by atoms with Gasteiger partial charge in [-0.05, 0) is 59.3 Å². The number of nitrogens with zero attached hydrogens (tertiary/aromatic N) is 1. The van der Waals surface area contributed by atoms with Crippen LogP contribution in [0.4, 0.5) is 0 Å². The molecule has 0 aromatic heterocycles. The second-order valence-corrected chi connectivity index (χ2v) is 7.89. The highest BCUT2D eigenvalue weighted by molar-refractivity contribution is 5.56. The van der Waals surface area contributed by atoms with Gasteiger partial charge < -0.3 is 4.74 Å². The molecule has 1 heterocycles. The Balaban J connectivity index is 1.55. The molecule has 5 rings (SSSR count). The second kappa shape index (κ2) is 6.54. The maximum atomic E-state index is 5.51. The summed E-state index contributed by atoms with van der Waals surface area (Å²) in [5.41, 5.74) is 7.42. The van der Waals surface area contributed by atoms with Crippen molar-refractivity contribution in [2.24, 2.45) is 0 Å². The number of hydrogen-bond donors (Lipinski definition) is 0. The molecule has 2 aliphatic rings. The largest absolute Gasteiger partial charge is 0.497 e. The molecule has 27 heavy (non-hydrogen) atoms. The maximum Gasteiger partial charge on any atom is 0.119 e. The number of hydrogen-bond acceptors (Lipinski definition) is 2. The second-order valence-electron chi connectivity index (χ2n) is 7.89. The number of ether oxygens (including phenoxy) is 1. The molecule has 3 aromatic carbocycles. The van der Waals surface area contributed by atoms with Gasteiger partial charge in [0.2, 0.25) is 0 Å². The molecule has 1 unspecified atom stereocenters. The van der Waals surface area contributed by atoms with Crippen LogP contribution in [-0.2, 0) is 18.4 Å². The first kappa shape index (κ1) is 16.6. The van der Waals surface area contributed by atoms with E-state index in [1.807, 2.05) is 0 Å². The minimum absolute atomic E-state index is 0.102. The third-order valence-electron chi connectivity index (χ3n) is 6.34. The number of benzene rings is 3. The van der Waals surface area contributed by atoms with Crippen LogP contribution < -0.4 is 4.74 Å². The summed E-state index contributed by atoms with van der Waals surface area (Å²) in [7, 11) is 1.76. The van der Waals surface area contributed by atoms with Crippen LogP contribution in [0.3, 0.4) is 0 Å². The van der Waals surface area contributed by atoms with Crippen molar-refractivity contribution in [1.82, 2.24) is 4.90 Å². The summed E-state index contributed by atoms with van der Waals surface area (Å²) >= 11 is 0. The summed E-state index contributed by atoms with van der Waals surface area (Å²) < 4.78 is 5.51. The average Bonchev–Trinajstić information content (AvgIpc) is 3.13. The van der Waals surface area contributed by atoms with E-state index in [4.69, 9.17) is 4.74 Å². The van der Waals surface area contributed by atoms with Gasteiger partial charge in [0.1, 0.15) is 5.75 Å². The number of likely N-dealkylation sites (tertiary alicyclic amines) is 1. The van der Waals surface area contributed by atoms with Gasteiger partial charge in [-0.2, -0.15) is 0 Å². The highest BCUT2D eigenvalue weighted by Gasteiger charge is 2.45. The molecule has 0 saturated carbocycles. The van der Waals surface area contributed by atoms with Gasteiger partial charge in [0, 0.05) is 18.5 Å². The molecule has 0 N–H and O–H groups in total. The summed E-state index contributed by atoms with van der Waals surface area (Å²) in [4.78, 5) is 2.62. The van der Waals surface area contributed by atoms with Crippen LogP contribution in [0.2, 0.25) is 0 Å². The van der Waals surface area contributed by atoms with E-state index in [1.54, 1.807) is 7.11 Å². The van der Waals surface area contributed by atoms with E-state index in [0.29, 0.717) is 0 Å². The van der Waals surface area contributed by atoms with Crippen LogP contribution >= 0.6 is 0 Å². The average molecular weight is 355 g/mol. The molecular formula is C25H25NO. The lowest BCUT2D eigenvalue weighted by molar-refractivity contribution is 0.313. The molecular weight excluding hydrogens is 330 g/mol. The van der Waals surface area contributed by atoms with E-state index in [1.165, 1.54) is 34.2 Å². The molecule has 1 aliphatic carbocycles. The molecule has 0 amide bonds. The third-order valence-corrected chi connectivity index (χ3v) is 6.34. The van der Waals surface area contributed by atoms with E-state index >= 15 is 0 Å². The lowest BCUT2D eigenvalue weighted by Gasteiger charge is -2.38. The molecule has 0 radical (unpaired) electrons. The molecule has 1 spiro atoms.